The second-order valence-electron chi connectivity index (χ2n) is 8.16. The van der Waals surface area contributed by atoms with E-state index in [2.05, 4.69) is 0 Å². The Morgan fingerprint density at radius 2 is 1.77 bits per heavy atom. The monoisotopic (exact) mass is 406 g/mol. The molecule has 2 aliphatic rings. The van der Waals surface area contributed by atoms with Gasteiger partial charge < -0.3 is 9.64 Å². The molecule has 6 nitrogen and oxygen atoms in total. The molecule has 156 valence electrons. The van der Waals surface area contributed by atoms with Crippen LogP contribution in [0.2, 0.25) is 0 Å². The van der Waals surface area contributed by atoms with Gasteiger partial charge in [0.1, 0.15) is 0 Å². The number of benzene rings is 2. The summed E-state index contributed by atoms with van der Waals surface area (Å²) in [6, 6.07) is 17.6. The molecule has 6 heteroatoms. The molecule has 0 N–H and O–H groups in total. The Labute approximate surface area is 176 Å². The molecule has 0 bridgehead atoms. The highest BCUT2D eigenvalue weighted by atomic mass is 16.5. The van der Waals surface area contributed by atoms with Crippen LogP contribution in [0.25, 0.3) is 11.1 Å². The normalized spacial score (nSPS) is 23.8. The number of likely N-dealkylation sites (N-methyl/N-ethyl adjacent to an activating group) is 2. The molecular weight excluding hydrogens is 380 g/mol. The van der Waals surface area contributed by atoms with E-state index in [4.69, 9.17) is 4.74 Å². The van der Waals surface area contributed by atoms with Crippen molar-refractivity contribution in [2.24, 2.45) is 0 Å². The number of imide groups is 1. The van der Waals surface area contributed by atoms with Crippen LogP contribution in [0.1, 0.15) is 24.8 Å². The lowest BCUT2D eigenvalue weighted by Gasteiger charge is -2.30. The number of nitrogens with zero attached hydrogens (tertiary/aromatic N) is 2. The van der Waals surface area contributed by atoms with Crippen LogP contribution in [0, 0.1) is 0 Å². The fourth-order valence-electron chi connectivity index (χ4n) is 4.38. The van der Waals surface area contributed by atoms with Crippen molar-refractivity contribution in [3.63, 3.8) is 0 Å². The van der Waals surface area contributed by atoms with E-state index in [1.165, 1.54) is 7.05 Å². The summed E-state index contributed by atoms with van der Waals surface area (Å²) in [5.74, 6) is -0.717. The average molecular weight is 406 g/mol. The summed E-state index contributed by atoms with van der Waals surface area (Å²) in [5, 5.41) is 0. The van der Waals surface area contributed by atoms with Gasteiger partial charge in [-0.25, -0.2) is 0 Å². The number of carbonyl (C=O) groups is 3. The molecule has 2 aromatic rings. The van der Waals surface area contributed by atoms with Crippen molar-refractivity contribution in [1.82, 2.24) is 9.80 Å². The number of ether oxygens (including phenoxy) is 1. The van der Waals surface area contributed by atoms with Gasteiger partial charge in [-0.15, -0.1) is 0 Å². The molecule has 4 rings (SSSR count). The van der Waals surface area contributed by atoms with Crippen LogP contribution in [0.5, 0.6) is 0 Å². The maximum absolute atomic E-state index is 13.2. The van der Waals surface area contributed by atoms with Crippen LogP contribution in [0.15, 0.2) is 54.6 Å². The highest BCUT2D eigenvalue weighted by Gasteiger charge is 2.53. The van der Waals surface area contributed by atoms with Gasteiger partial charge >= 0.3 is 0 Å². The van der Waals surface area contributed by atoms with Gasteiger partial charge in [0, 0.05) is 33.5 Å². The number of carbonyl (C=O) groups excluding carboxylic acids is 3. The Morgan fingerprint density at radius 3 is 2.33 bits per heavy atom. The van der Waals surface area contributed by atoms with E-state index in [0.29, 0.717) is 18.8 Å². The van der Waals surface area contributed by atoms with Crippen LogP contribution in [0.3, 0.4) is 0 Å². The molecule has 0 radical (unpaired) electrons. The van der Waals surface area contributed by atoms with Gasteiger partial charge in [0.2, 0.25) is 17.7 Å². The Balaban J connectivity index is 1.66. The highest BCUT2D eigenvalue weighted by Crippen LogP contribution is 2.40. The van der Waals surface area contributed by atoms with E-state index in [0.717, 1.165) is 22.4 Å². The van der Waals surface area contributed by atoms with E-state index in [9.17, 15) is 14.4 Å². The molecule has 2 atom stereocenters. The minimum atomic E-state index is -1.16. The van der Waals surface area contributed by atoms with Crippen LogP contribution in [-0.4, -0.2) is 60.9 Å². The highest BCUT2D eigenvalue weighted by molar-refractivity contribution is 6.10. The third-order valence-corrected chi connectivity index (χ3v) is 6.39. The smallest absolute Gasteiger partial charge is 0.240 e. The molecule has 0 saturated carbocycles. The van der Waals surface area contributed by atoms with Crippen molar-refractivity contribution in [2.75, 3.05) is 27.3 Å². The predicted molar refractivity (Wildman–Crippen MR) is 113 cm³/mol. The van der Waals surface area contributed by atoms with E-state index in [-0.39, 0.29) is 36.6 Å². The third kappa shape index (κ3) is 3.52. The van der Waals surface area contributed by atoms with Crippen molar-refractivity contribution >= 4 is 17.7 Å². The summed E-state index contributed by atoms with van der Waals surface area (Å²) in [6.07, 6.45) is 0.765. The molecule has 2 saturated heterocycles. The number of hydrogen-bond acceptors (Lipinski definition) is 4. The molecule has 0 aromatic heterocycles. The molecule has 3 amide bonds. The summed E-state index contributed by atoms with van der Waals surface area (Å²) in [7, 11) is 3.24. The van der Waals surface area contributed by atoms with Crippen LogP contribution in [-0.2, 0) is 24.5 Å². The van der Waals surface area contributed by atoms with E-state index in [1.54, 1.807) is 11.9 Å². The Morgan fingerprint density at radius 1 is 1.10 bits per heavy atom. The van der Waals surface area contributed by atoms with E-state index in [1.807, 2.05) is 54.6 Å². The molecule has 30 heavy (non-hydrogen) atoms. The third-order valence-electron chi connectivity index (χ3n) is 6.39. The minimum absolute atomic E-state index is 0.00770. The number of likely N-dealkylation sites (tertiary alicyclic amines) is 1. The van der Waals surface area contributed by atoms with Gasteiger partial charge in [0.05, 0.1) is 18.1 Å². The number of rotatable bonds is 5. The fraction of sp³-hybridized carbons (Fsp3) is 0.375. The lowest BCUT2D eigenvalue weighted by Crippen LogP contribution is -2.44. The first-order valence-corrected chi connectivity index (χ1v) is 10.2. The fourth-order valence-corrected chi connectivity index (χ4v) is 4.38. The van der Waals surface area contributed by atoms with Crippen LogP contribution < -0.4 is 0 Å². The molecule has 0 aliphatic carbocycles. The summed E-state index contributed by atoms with van der Waals surface area (Å²) in [4.78, 5) is 41.5. The number of amides is 3. The summed E-state index contributed by atoms with van der Waals surface area (Å²) < 4.78 is 5.40. The molecular formula is C24H26N2O4. The SMILES string of the molecule is CN1C(=O)C[C@](CC(=O)N(C)[C@@H]2CCOC2)(c2ccc(-c3ccccc3)cc2)C1=O. The lowest BCUT2D eigenvalue weighted by atomic mass is 9.75. The minimum Gasteiger partial charge on any atom is -0.379 e. The zero-order valence-corrected chi connectivity index (χ0v) is 17.3. The maximum Gasteiger partial charge on any atom is 0.240 e. The molecule has 0 spiro atoms. The molecule has 2 heterocycles. The van der Waals surface area contributed by atoms with Crippen molar-refractivity contribution in [2.45, 2.75) is 30.7 Å². The Hall–Kier alpha value is -2.99. The van der Waals surface area contributed by atoms with Crippen molar-refractivity contribution < 1.29 is 19.1 Å². The van der Waals surface area contributed by atoms with E-state index >= 15 is 0 Å². The Kier molecular flexibility index (Phi) is 5.43. The van der Waals surface area contributed by atoms with Crippen LogP contribution in [0.4, 0.5) is 0 Å². The summed E-state index contributed by atoms with van der Waals surface area (Å²) in [5.41, 5.74) is 1.63. The average Bonchev–Trinajstić information content (AvgIpc) is 3.38. The summed E-state index contributed by atoms with van der Waals surface area (Å²) >= 11 is 0. The van der Waals surface area contributed by atoms with Gasteiger partial charge in [0.25, 0.3) is 0 Å². The second-order valence-corrected chi connectivity index (χ2v) is 8.16. The number of hydrogen-bond donors (Lipinski definition) is 0. The zero-order valence-electron chi connectivity index (χ0n) is 17.3. The zero-order chi connectivity index (χ0) is 21.3. The lowest BCUT2D eigenvalue weighted by molar-refractivity contribution is -0.141. The topological polar surface area (TPSA) is 66.9 Å². The van der Waals surface area contributed by atoms with E-state index < -0.39 is 5.41 Å². The quantitative estimate of drug-likeness (QED) is 0.716. The molecule has 2 fully saturated rings. The van der Waals surface area contributed by atoms with Gasteiger partial charge in [-0.3, -0.25) is 19.3 Å². The first-order chi connectivity index (χ1) is 14.4. The maximum atomic E-state index is 13.2. The van der Waals surface area contributed by atoms with Crippen molar-refractivity contribution in [3.8, 4) is 11.1 Å². The van der Waals surface area contributed by atoms with Gasteiger partial charge in [0.15, 0.2) is 0 Å². The first-order valence-electron chi connectivity index (χ1n) is 10.2. The molecule has 2 aromatic carbocycles. The Bertz CT molecular complexity index is 951. The largest absolute Gasteiger partial charge is 0.379 e. The second kappa shape index (κ2) is 8.03. The first kappa shape index (κ1) is 20.3. The van der Waals surface area contributed by atoms with Gasteiger partial charge in [-0.05, 0) is 23.1 Å². The van der Waals surface area contributed by atoms with Crippen LogP contribution >= 0.6 is 0 Å². The predicted octanol–water partition coefficient (Wildman–Crippen LogP) is 2.62. The van der Waals surface area contributed by atoms with Gasteiger partial charge in [-0.1, -0.05) is 54.6 Å². The van der Waals surface area contributed by atoms with Crippen molar-refractivity contribution in [1.29, 1.82) is 0 Å². The van der Waals surface area contributed by atoms with Crippen molar-refractivity contribution in [3.05, 3.63) is 60.2 Å². The van der Waals surface area contributed by atoms with Gasteiger partial charge in [-0.2, -0.15) is 0 Å². The molecule has 2 aliphatic heterocycles. The standard InChI is InChI=1S/C24H26N2O4/c1-25(20-12-13-30-16-20)21(27)14-24(15-22(28)26(2)23(24)29)19-10-8-18(9-11-19)17-6-4-3-5-7-17/h3-11,20H,12-16H2,1-2H3/t20-,24-/m1/s1. The molecule has 0 unspecified atom stereocenters. The summed E-state index contributed by atoms with van der Waals surface area (Å²) in [6.45, 7) is 1.14.